The first-order valence-corrected chi connectivity index (χ1v) is 9.23. The molecule has 0 saturated carbocycles. The number of halogens is 1. The van der Waals surface area contributed by atoms with Crippen molar-refractivity contribution in [1.82, 2.24) is 15.2 Å². The van der Waals surface area contributed by atoms with E-state index in [0.717, 1.165) is 28.5 Å². The minimum absolute atomic E-state index is 0.00837. The summed E-state index contributed by atoms with van der Waals surface area (Å²) in [6, 6.07) is 15.4. The van der Waals surface area contributed by atoms with Gasteiger partial charge in [0.05, 0.1) is 6.54 Å². The molecule has 3 aromatic rings. The predicted octanol–water partition coefficient (Wildman–Crippen LogP) is 3.53. The fourth-order valence-electron chi connectivity index (χ4n) is 3.02. The SMILES string of the molecule is CC(=O)N(CC(=O)NCCc1c[nH]c2ccccc12)Cc1ccccc1Cl. The van der Waals surface area contributed by atoms with E-state index >= 15 is 0 Å². The molecule has 1 aromatic heterocycles. The summed E-state index contributed by atoms with van der Waals surface area (Å²) in [4.78, 5) is 28.9. The first-order chi connectivity index (χ1) is 13.0. The highest BCUT2D eigenvalue weighted by Gasteiger charge is 2.15. The number of nitrogens with zero attached hydrogens (tertiary/aromatic N) is 1. The van der Waals surface area contributed by atoms with Gasteiger partial charge in [0.25, 0.3) is 0 Å². The summed E-state index contributed by atoms with van der Waals surface area (Å²) in [6.07, 6.45) is 2.69. The standard InChI is InChI=1S/C21H22ClN3O2/c1-15(26)25(13-17-6-2-4-8-19(17)22)14-21(27)23-11-10-16-12-24-20-9-5-3-7-18(16)20/h2-9,12,24H,10-11,13-14H2,1H3,(H,23,27). The monoisotopic (exact) mass is 383 g/mol. The summed E-state index contributed by atoms with van der Waals surface area (Å²) in [5.74, 6) is -0.348. The summed E-state index contributed by atoms with van der Waals surface area (Å²) in [6.45, 7) is 2.29. The summed E-state index contributed by atoms with van der Waals surface area (Å²) >= 11 is 6.16. The number of fused-ring (bicyclic) bond motifs is 1. The van der Waals surface area contributed by atoms with E-state index in [1.807, 2.05) is 42.6 Å². The van der Waals surface area contributed by atoms with Gasteiger partial charge in [-0.1, -0.05) is 48.0 Å². The van der Waals surface area contributed by atoms with Crippen LogP contribution in [-0.4, -0.2) is 34.8 Å². The molecule has 0 saturated heterocycles. The Morgan fingerprint density at radius 1 is 1.07 bits per heavy atom. The molecule has 5 nitrogen and oxygen atoms in total. The smallest absolute Gasteiger partial charge is 0.239 e. The number of aromatic amines is 1. The number of carbonyl (C=O) groups is 2. The summed E-state index contributed by atoms with van der Waals surface area (Å²) in [5, 5.41) is 4.64. The third kappa shape index (κ3) is 4.89. The largest absolute Gasteiger partial charge is 0.361 e. The molecular formula is C21H22ClN3O2. The Morgan fingerprint density at radius 3 is 2.59 bits per heavy atom. The lowest BCUT2D eigenvalue weighted by Crippen LogP contribution is -2.40. The van der Waals surface area contributed by atoms with Gasteiger partial charge in [-0.05, 0) is 29.7 Å². The van der Waals surface area contributed by atoms with Crippen LogP contribution >= 0.6 is 11.6 Å². The maximum atomic E-state index is 12.3. The molecule has 0 aliphatic carbocycles. The number of benzene rings is 2. The van der Waals surface area contributed by atoms with E-state index in [9.17, 15) is 9.59 Å². The number of hydrogen-bond acceptors (Lipinski definition) is 2. The summed E-state index contributed by atoms with van der Waals surface area (Å²) < 4.78 is 0. The number of carbonyl (C=O) groups excluding carboxylic acids is 2. The fourth-order valence-corrected chi connectivity index (χ4v) is 3.21. The average molecular weight is 384 g/mol. The Hall–Kier alpha value is -2.79. The molecule has 0 unspecified atom stereocenters. The molecule has 27 heavy (non-hydrogen) atoms. The Balaban J connectivity index is 1.53. The molecule has 140 valence electrons. The third-order valence-electron chi connectivity index (χ3n) is 4.49. The van der Waals surface area contributed by atoms with Gasteiger partial charge in [-0.15, -0.1) is 0 Å². The van der Waals surface area contributed by atoms with E-state index in [4.69, 9.17) is 11.6 Å². The van der Waals surface area contributed by atoms with Gasteiger partial charge in [0.2, 0.25) is 11.8 Å². The van der Waals surface area contributed by atoms with Gasteiger partial charge < -0.3 is 15.2 Å². The number of H-pyrrole nitrogens is 1. The van der Waals surface area contributed by atoms with Crippen LogP contribution in [0.25, 0.3) is 10.9 Å². The van der Waals surface area contributed by atoms with E-state index in [1.54, 1.807) is 6.07 Å². The zero-order valence-electron chi connectivity index (χ0n) is 15.2. The lowest BCUT2D eigenvalue weighted by atomic mass is 10.1. The second-order valence-electron chi connectivity index (χ2n) is 6.43. The molecule has 0 spiro atoms. The Kier molecular flexibility index (Phi) is 6.14. The van der Waals surface area contributed by atoms with Crippen LogP contribution in [0, 0.1) is 0 Å². The number of nitrogens with one attached hydrogen (secondary N) is 2. The topological polar surface area (TPSA) is 65.2 Å². The van der Waals surface area contributed by atoms with Gasteiger partial charge in [0, 0.05) is 42.1 Å². The number of aromatic nitrogens is 1. The zero-order valence-corrected chi connectivity index (χ0v) is 15.9. The van der Waals surface area contributed by atoms with Crippen molar-refractivity contribution in [3.8, 4) is 0 Å². The second-order valence-corrected chi connectivity index (χ2v) is 6.83. The highest BCUT2D eigenvalue weighted by Crippen LogP contribution is 2.18. The van der Waals surface area contributed by atoms with Crippen LogP contribution in [-0.2, 0) is 22.6 Å². The van der Waals surface area contributed by atoms with Gasteiger partial charge in [0.15, 0.2) is 0 Å². The fraction of sp³-hybridized carbons (Fsp3) is 0.238. The number of amides is 2. The highest BCUT2D eigenvalue weighted by atomic mass is 35.5. The van der Waals surface area contributed by atoms with E-state index in [0.29, 0.717) is 18.1 Å². The lowest BCUT2D eigenvalue weighted by Gasteiger charge is -2.21. The number of hydrogen-bond donors (Lipinski definition) is 2. The molecule has 2 N–H and O–H groups in total. The molecule has 0 atom stereocenters. The minimum atomic E-state index is -0.183. The first kappa shape index (κ1) is 19.0. The minimum Gasteiger partial charge on any atom is -0.361 e. The molecular weight excluding hydrogens is 362 g/mol. The Labute approximate surface area is 163 Å². The van der Waals surface area contributed by atoms with Gasteiger partial charge in [-0.3, -0.25) is 9.59 Å². The van der Waals surface area contributed by atoms with Crippen LogP contribution in [0.1, 0.15) is 18.1 Å². The van der Waals surface area contributed by atoms with Gasteiger partial charge >= 0.3 is 0 Å². The highest BCUT2D eigenvalue weighted by molar-refractivity contribution is 6.31. The van der Waals surface area contributed by atoms with Crippen molar-refractivity contribution in [1.29, 1.82) is 0 Å². The van der Waals surface area contributed by atoms with Crippen molar-refractivity contribution in [3.63, 3.8) is 0 Å². The maximum absolute atomic E-state index is 12.3. The Bertz CT molecular complexity index is 951. The van der Waals surface area contributed by atoms with Crippen molar-refractivity contribution >= 4 is 34.3 Å². The van der Waals surface area contributed by atoms with Crippen LogP contribution in [0.2, 0.25) is 5.02 Å². The van der Waals surface area contributed by atoms with Crippen molar-refractivity contribution in [2.24, 2.45) is 0 Å². The number of rotatable bonds is 7. The van der Waals surface area contributed by atoms with Crippen molar-refractivity contribution in [3.05, 3.63) is 70.9 Å². The van der Waals surface area contributed by atoms with E-state index in [2.05, 4.69) is 16.4 Å². The average Bonchev–Trinajstić information content (AvgIpc) is 3.06. The van der Waals surface area contributed by atoms with Crippen LogP contribution in [0.5, 0.6) is 0 Å². The van der Waals surface area contributed by atoms with Crippen LogP contribution < -0.4 is 5.32 Å². The predicted molar refractivity (Wildman–Crippen MR) is 108 cm³/mol. The molecule has 1 heterocycles. The maximum Gasteiger partial charge on any atom is 0.239 e. The zero-order chi connectivity index (χ0) is 19.2. The molecule has 6 heteroatoms. The van der Waals surface area contributed by atoms with Gasteiger partial charge in [-0.2, -0.15) is 0 Å². The van der Waals surface area contributed by atoms with Crippen molar-refractivity contribution < 1.29 is 9.59 Å². The molecule has 3 rings (SSSR count). The van der Waals surface area contributed by atoms with Gasteiger partial charge in [0.1, 0.15) is 0 Å². The summed E-state index contributed by atoms with van der Waals surface area (Å²) in [7, 11) is 0. The molecule has 0 bridgehead atoms. The van der Waals surface area contributed by atoms with Gasteiger partial charge in [-0.25, -0.2) is 0 Å². The Morgan fingerprint density at radius 2 is 1.81 bits per heavy atom. The molecule has 2 amide bonds. The van der Waals surface area contributed by atoms with Crippen LogP contribution in [0.15, 0.2) is 54.7 Å². The van der Waals surface area contributed by atoms with Crippen LogP contribution in [0.4, 0.5) is 0 Å². The second kappa shape index (κ2) is 8.73. The lowest BCUT2D eigenvalue weighted by molar-refractivity contribution is -0.134. The molecule has 2 aromatic carbocycles. The number of para-hydroxylation sites is 1. The molecule has 0 aliphatic heterocycles. The molecule has 0 fully saturated rings. The summed E-state index contributed by atoms with van der Waals surface area (Å²) in [5.41, 5.74) is 3.06. The molecule has 0 radical (unpaired) electrons. The van der Waals surface area contributed by atoms with Crippen molar-refractivity contribution in [2.45, 2.75) is 19.9 Å². The van der Waals surface area contributed by atoms with Crippen molar-refractivity contribution in [2.75, 3.05) is 13.1 Å². The quantitative estimate of drug-likeness (QED) is 0.655. The first-order valence-electron chi connectivity index (χ1n) is 8.85. The van der Waals surface area contributed by atoms with Crippen LogP contribution in [0.3, 0.4) is 0 Å². The normalized spacial score (nSPS) is 10.7. The third-order valence-corrected chi connectivity index (χ3v) is 4.86. The molecule has 0 aliphatic rings. The van der Waals surface area contributed by atoms with E-state index in [-0.39, 0.29) is 18.4 Å². The van der Waals surface area contributed by atoms with E-state index in [1.165, 1.54) is 11.8 Å². The van der Waals surface area contributed by atoms with E-state index < -0.39 is 0 Å².